The smallest absolute Gasteiger partial charge is 0.222 e. The normalized spacial score (nSPS) is 10.8. The number of ether oxygens (including phenoxy) is 1. The van der Waals surface area contributed by atoms with Crippen LogP contribution in [0.15, 0.2) is 36.5 Å². The van der Waals surface area contributed by atoms with Crippen molar-refractivity contribution in [1.29, 1.82) is 0 Å². The first-order valence-electron chi connectivity index (χ1n) is 9.05. The molecule has 0 saturated heterocycles. The largest absolute Gasteiger partial charge is 0.491 e. The number of benzene rings is 1. The van der Waals surface area contributed by atoms with Gasteiger partial charge in [-0.2, -0.15) is 10.1 Å². The summed E-state index contributed by atoms with van der Waals surface area (Å²) < 4.78 is 7.71. The molecule has 0 radical (unpaired) electrons. The number of rotatable bonds is 7. The molecule has 27 heavy (non-hydrogen) atoms. The number of aromatic nitrogens is 4. The first-order chi connectivity index (χ1) is 13.0. The summed E-state index contributed by atoms with van der Waals surface area (Å²) in [5.41, 5.74) is 9.98. The van der Waals surface area contributed by atoms with Crippen molar-refractivity contribution in [1.82, 2.24) is 19.7 Å². The summed E-state index contributed by atoms with van der Waals surface area (Å²) >= 11 is 0. The Hall–Kier alpha value is -3.09. The number of nitrogens with zero attached hydrogens (tertiary/aromatic N) is 5. The Kier molecular flexibility index (Phi) is 5.59. The Bertz CT molecular complexity index is 921. The summed E-state index contributed by atoms with van der Waals surface area (Å²) in [4.78, 5) is 10.8. The van der Waals surface area contributed by atoms with E-state index in [9.17, 15) is 0 Å². The van der Waals surface area contributed by atoms with Crippen molar-refractivity contribution in [2.45, 2.75) is 20.3 Å². The first kappa shape index (κ1) is 18.7. The van der Waals surface area contributed by atoms with Gasteiger partial charge < -0.3 is 15.4 Å². The van der Waals surface area contributed by atoms with E-state index >= 15 is 0 Å². The lowest BCUT2D eigenvalue weighted by Crippen LogP contribution is -2.25. The number of para-hydroxylation sites is 1. The molecule has 0 aliphatic rings. The molecule has 1 aromatic carbocycles. The van der Waals surface area contributed by atoms with Crippen molar-refractivity contribution in [2.75, 3.05) is 30.8 Å². The van der Waals surface area contributed by atoms with Crippen LogP contribution in [0.1, 0.15) is 18.1 Å². The molecule has 3 rings (SSSR count). The average Bonchev–Trinajstić information content (AvgIpc) is 3.03. The van der Waals surface area contributed by atoms with Crippen LogP contribution in [0.5, 0.6) is 5.75 Å². The van der Waals surface area contributed by atoms with E-state index in [-0.39, 0.29) is 5.95 Å². The fraction of sp³-hybridized carbons (Fsp3) is 0.350. The standard InChI is InChI=1S/C20H26N6O/c1-5-15-13-22-26(4)19(15)16-12-18(24-20(21)23-16)25(3)10-11-27-17-9-7-6-8-14(17)2/h6-9,12-13H,5,10-11H2,1-4H3,(H2,21,23,24). The fourth-order valence-corrected chi connectivity index (χ4v) is 2.97. The molecule has 0 bridgehead atoms. The molecule has 7 nitrogen and oxygen atoms in total. The summed E-state index contributed by atoms with van der Waals surface area (Å²) in [6.45, 7) is 5.36. The van der Waals surface area contributed by atoms with E-state index in [1.165, 1.54) is 0 Å². The monoisotopic (exact) mass is 366 g/mol. The van der Waals surface area contributed by atoms with E-state index in [1.807, 2.05) is 67.1 Å². The number of nitrogens with two attached hydrogens (primary N) is 1. The zero-order valence-corrected chi connectivity index (χ0v) is 16.3. The van der Waals surface area contributed by atoms with Crippen LogP contribution in [0, 0.1) is 6.92 Å². The van der Waals surface area contributed by atoms with Gasteiger partial charge in [-0.1, -0.05) is 25.1 Å². The number of hydrogen-bond acceptors (Lipinski definition) is 6. The van der Waals surface area contributed by atoms with Crippen LogP contribution in [0.25, 0.3) is 11.4 Å². The summed E-state index contributed by atoms with van der Waals surface area (Å²) in [7, 11) is 3.88. The van der Waals surface area contributed by atoms with Gasteiger partial charge in [-0.05, 0) is 30.5 Å². The van der Waals surface area contributed by atoms with Gasteiger partial charge in [0, 0.05) is 20.2 Å². The van der Waals surface area contributed by atoms with Crippen molar-refractivity contribution < 1.29 is 4.74 Å². The predicted octanol–water partition coefficient (Wildman–Crippen LogP) is 2.85. The zero-order valence-electron chi connectivity index (χ0n) is 16.3. The molecule has 0 aliphatic heterocycles. The maximum Gasteiger partial charge on any atom is 0.222 e. The van der Waals surface area contributed by atoms with E-state index in [0.717, 1.165) is 40.5 Å². The SMILES string of the molecule is CCc1cnn(C)c1-c1cc(N(C)CCOc2ccccc2C)nc(N)n1. The predicted molar refractivity (Wildman–Crippen MR) is 108 cm³/mol. The highest BCUT2D eigenvalue weighted by Crippen LogP contribution is 2.25. The number of hydrogen-bond donors (Lipinski definition) is 1. The van der Waals surface area contributed by atoms with Gasteiger partial charge in [-0.15, -0.1) is 0 Å². The zero-order chi connectivity index (χ0) is 19.4. The minimum atomic E-state index is 0.248. The van der Waals surface area contributed by atoms with Crippen molar-refractivity contribution in [3.8, 4) is 17.1 Å². The van der Waals surface area contributed by atoms with E-state index in [0.29, 0.717) is 13.2 Å². The molecule has 0 saturated carbocycles. The number of likely N-dealkylation sites (N-methyl/N-ethyl adjacent to an activating group) is 1. The Labute approximate surface area is 159 Å². The Morgan fingerprint density at radius 3 is 2.74 bits per heavy atom. The second-order valence-corrected chi connectivity index (χ2v) is 6.50. The number of nitrogen functional groups attached to an aromatic ring is 1. The van der Waals surface area contributed by atoms with Crippen LogP contribution in [-0.4, -0.2) is 39.9 Å². The molecule has 0 aliphatic carbocycles. The summed E-state index contributed by atoms with van der Waals surface area (Å²) in [5, 5.41) is 4.34. The van der Waals surface area contributed by atoms with Crippen molar-refractivity contribution in [2.24, 2.45) is 7.05 Å². The van der Waals surface area contributed by atoms with E-state index in [1.54, 1.807) is 0 Å². The molecular weight excluding hydrogens is 340 g/mol. The Morgan fingerprint density at radius 2 is 2.00 bits per heavy atom. The molecule has 0 spiro atoms. The molecule has 0 unspecified atom stereocenters. The van der Waals surface area contributed by atoms with Gasteiger partial charge in [0.25, 0.3) is 0 Å². The maximum atomic E-state index is 5.97. The van der Waals surface area contributed by atoms with Gasteiger partial charge in [-0.25, -0.2) is 4.98 Å². The van der Waals surface area contributed by atoms with Gasteiger partial charge >= 0.3 is 0 Å². The highest BCUT2D eigenvalue weighted by Gasteiger charge is 2.15. The summed E-state index contributed by atoms with van der Waals surface area (Å²) in [6.07, 6.45) is 2.75. The van der Waals surface area contributed by atoms with Crippen LogP contribution >= 0.6 is 0 Å². The van der Waals surface area contributed by atoms with Crippen molar-refractivity contribution in [3.63, 3.8) is 0 Å². The molecule has 3 aromatic rings. The lowest BCUT2D eigenvalue weighted by Gasteiger charge is -2.20. The lowest BCUT2D eigenvalue weighted by atomic mass is 10.1. The third-order valence-corrected chi connectivity index (χ3v) is 4.54. The number of aryl methyl sites for hydroxylation is 3. The van der Waals surface area contributed by atoms with Crippen molar-refractivity contribution >= 4 is 11.8 Å². The lowest BCUT2D eigenvalue weighted by molar-refractivity contribution is 0.323. The first-order valence-corrected chi connectivity index (χ1v) is 9.05. The molecule has 142 valence electrons. The van der Waals surface area contributed by atoms with Gasteiger partial charge in [0.15, 0.2) is 0 Å². The van der Waals surface area contributed by atoms with Crippen molar-refractivity contribution in [3.05, 3.63) is 47.7 Å². The van der Waals surface area contributed by atoms with Gasteiger partial charge in [0.2, 0.25) is 5.95 Å². The quantitative estimate of drug-likeness (QED) is 0.692. The second kappa shape index (κ2) is 8.07. The molecule has 0 amide bonds. The van der Waals surface area contributed by atoms with E-state index in [2.05, 4.69) is 22.0 Å². The molecule has 7 heteroatoms. The van der Waals surface area contributed by atoms with Crippen LogP contribution < -0.4 is 15.4 Å². The molecule has 2 heterocycles. The molecule has 0 fully saturated rings. The Balaban J connectivity index is 1.75. The topological polar surface area (TPSA) is 82.1 Å². The molecule has 2 aromatic heterocycles. The fourth-order valence-electron chi connectivity index (χ4n) is 2.97. The van der Waals surface area contributed by atoms with E-state index in [4.69, 9.17) is 10.5 Å². The third-order valence-electron chi connectivity index (χ3n) is 4.54. The Morgan fingerprint density at radius 1 is 1.22 bits per heavy atom. The van der Waals surface area contributed by atoms with Gasteiger partial charge in [0.05, 0.1) is 24.1 Å². The van der Waals surface area contributed by atoms with Crippen LogP contribution in [0.2, 0.25) is 0 Å². The number of anilines is 2. The highest BCUT2D eigenvalue weighted by molar-refractivity contribution is 5.64. The van der Waals surface area contributed by atoms with Gasteiger partial charge in [-0.3, -0.25) is 4.68 Å². The minimum Gasteiger partial charge on any atom is -0.491 e. The molecule has 0 atom stereocenters. The maximum absolute atomic E-state index is 5.97. The van der Waals surface area contributed by atoms with Gasteiger partial charge in [0.1, 0.15) is 18.2 Å². The molecule has 2 N–H and O–H groups in total. The average molecular weight is 366 g/mol. The second-order valence-electron chi connectivity index (χ2n) is 6.50. The van der Waals surface area contributed by atoms with Crippen LogP contribution in [0.3, 0.4) is 0 Å². The minimum absolute atomic E-state index is 0.248. The highest BCUT2D eigenvalue weighted by atomic mass is 16.5. The van der Waals surface area contributed by atoms with Crippen LogP contribution in [-0.2, 0) is 13.5 Å². The third kappa shape index (κ3) is 4.19. The van der Waals surface area contributed by atoms with E-state index < -0.39 is 0 Å². The molecular formula is C20H26N6O. The van der Waals surface area contributed by atoms with Crippen LogP contribution in [0.4, 0.5) is 11.8 Å². The summed E-state index contributed by atoms with van der Waals surface area (Å²) in [5.74, 6) is 1.91. The summed E-state index contributed by atoms with van der Waals surface area (Å²) in [6, 6.07) is 9.94.